The van der Waals surface area contributed by atoms with Crippen molar-refractivity contribution in [1.29, 1.82) is 0 Å². The number of halogens is 1. The van der Waals surface area contributed by atoms with Gasteiger partial charge in [-0.1, -0.05) is 48.0 Å². The number of para-hydroxylation sites is 1. The van der Waals surface area contributed by atoms with Crippen LogP contribution in [0.2, 0.25) is 5.02 Å². The zero-order valence-electron chi connectivity index (χ0n) is 20.2. The number of hydrogen-bond donors (Lipinski definition) is 2. The van der Waals surface area contributed by atoms with Crippen LogP contribution in [0.5, 0.6) is 0 Å². The summed E-state index contributed by atoms with van der Waals surface area (Å²) in [6, 6.07) is 18.2. The number of aromatic nitrogens is 1. The van der Waals surface area contributed by atoms with Crippen molar-refractivity contribution < 1.29 is 14.3 Å². The van der Waals surface area contributed by atoms with Crippen molar-refractivity contribution in [3.63, 3.8) is 0 Å². The molecule has 2 aromatic heterocycles. The summed E-state index contributed by atoms with van der Waals surface area (Å²) in [5, 5.41) is 6.56. The predicted octanol–water partition coefficient (Wildman–Crippen LogP) is 5.74. The molecule has 0 spiro atoms. The molecule has 6 nitrogen and oxygen atoms in total. The highest BCUT2D eigenvalue weighted by Gasteiger charge is 2.32. The molecule has 4 rings (SSSR count). The Bertz CT molecular complexity index is 1270. The van der Waals surface area contributed by atoms with Gasteiger partial charge in [0.1, 0.15) is 6.04 Å². The zero-order chi connectivity index (χ0) is 25.3. The Kier molecular flexibility index (Phi) is 9.17. The highest BCUT2D eigenvalue weighted by atomic mass is 35.5. The van der Waals surface area contributed by atoms with Crippen molar-refractivity contribution in [3.8, 4) is 0 Å². The number of rotatable bonds is 12. The molecule has 2 amide bonds. The zero-order valence-corrected chi connectivity index (χ0v) is 21.8. The van der Waals surface area contributed by atoms with Crippen LogP contribution in [0.4, 0.5) is 0 Å². The van der Waals surface area contributed by atoms with Crippen molar-refractivity contribution >= 4 is 45.7 Å². The summed E-state index contributed by atoms with van der Waals surface area (Å²) in [5.41, 5.74) is 2.59. The highest BCUT2D eigenvalue weighted by Crippen LogP contribution is 2.28. The van der Waals surface area contributed by atoms with Gasteiger partial charge in [-0.3, -0.25) is 9.59 Å². The van der Waals surface area contributed by atoms with E-state index in [-0.39, 0.29) is 18.2 Å². The molecule has 0 radical (unpaired) electrons. The minimum Gasteiger partial charge on any atom is -0.382 e. The van der Waals surface area contributed by atoms with E-state index in [1.165, 1.54) is 0 Å². The number of benzene rings is 2. The van der Waals surface area contributed by atoms with Gasteiger partial charge in [0.15, 0.2) is 0 Å². The number of hydrogen-bond acceptors (Lipinski definition) is 4. The van der Waals surface area contributed by atoms with Gasteiger partial charge in [-0.2, -0.15) is 0 Å². The third kappa shape index (κ3) is 6.55. The van der Waals surface area contributed by atoms with Crippen LogP contribution in [0.1, 0.15) is 35.4 Å². The maximum Gasteiger partial charge on any atom is 0.247 e. The van der Waals surface area contributed by atoms with Gasteiger partial charge in [0.2, 0.25) is 11.8 Å². The molecular weight excluding hydrogens is 494 g/mol. The molecular formula is C28H30ClN3O3S. The lowest BCUT2D eigenvalue weighted by molar-refractivity contribution is -0.141. The van der Waals surface area contributed by atoms with Crippen LogP contribution in [-0.2, 0) is 27.3 Å². The lowest BCUT2D eigenvalue weighted by Crippen LogP contribution is -2.44. The number of carbonyl (C=O) groups is 2. The molecule has 2 heterocycles. The van der Waals surface area contributed by atoms with Crippen LogP contribution in [0.3, 0.4) is 0 Å². The predicted molar refractivity (Wildman–Crippen MR) is 145 cm³/mol. The molecule has 0 saturated carbocycles. The second-order valence-electron chi connectivity index (χ2n) is 8.43. The van der Waals surface area contributed by atoms with Gasteiger partial charge in [-0.25, -0.2) is 0 Å². The number of aromatic amines is 1. The van der Waals surface area contributed by atoms with Gasteiger partial charge < -0.3 is 19.9 Å². The molecule has 0 aliphatic carbocycles. The maximum absolute atomic E-state index is 13.9. The van der Waals surface area contributed by atoms with E-state index in [1.54, 1.807) is 28.4 Å². The minimum absolute atomic E-state index is 0.127. The molecule has 0 fully saturated rings. The standard InChI is InChI=1S/C28H30ClN3O3S/c1-2-35-15-6-14-30-28(34)27(20-10-12-22(29)13-11-20)32(19-23-7-5-16-36-23)26(33)17-21-18-31-25-9-4-3-8-24(21)25/h3-5,7-13,16,18,27,31H,2,6,14-15,17,19H2,1H3,(H,30,34)/t27-/m1/s1. The first-order valence-corrected chi connectivity index (χ1v) is 13.3. The van der Waals surface area contributed by atoms with E-state index in [1.807, 2.05) is 67.0 Å². The fourth-order valence-electron chi connectivity index (χ4n) is 4.18. The molecule has 36 heavy (non-hydrogen) atoms. The van der Waals surface area contributed by atoms with Crippen molar-refractivity contribution in [2.24, 2.45) is 0 Å². The number of amides is 2. The van der Waals surface area contributed by atoms with Crippen LogP contribution < -0.4 is 5.32 Å². The lowest BCUT2D eigenvalue weighted by atomic mass is 10.0. The normalized spacial score (nSPS) is 11.9. The van der Waals surface area contributed by atoms with E-state index in [0.717, 1.165) is 21.3 Å². The summed E-state index contributed by atoms with van der Waals surface area (Å²) in [5.74, 6) is -0.352. The van der Waals surface area contributed by atoms with Crippen LogP contribution in [-0.4, -0.2) is 41.5 Å². The second kappa shape index (κ2) is 12.7. The van der Waals surface area contributed by atoms with E-state index in [4.69, 9.17) is 16.3 Å². The third-order valence-electron chi connectivity index (χ3n) is 5.96. The molecule has 4 aromatic rings. The SMILES string of the molecule is CCOCCCNC(=O)[C@@H](c1ccc(Cl)cc1)N(Cc1cccs1)C(=O)Cc1c[nH]c2ccccc12. The Balaban J connectivity index is 1.64. The number of ether oxygens (including phenoxy) is 1. The minimum atomic E-state index is -0.797. The quantitative estimate of drug-likeness (QED) is 0.233. The first-order valence-electron chi connectivity index (χ1n) is 12.0. The molecule has 2 N–H and O–H groups in total. The summed E-state index contributed by atoms with van der Waals surface area (Å²) in [6.45, 7) is 3.95. The van der Waals surface area contributed by atoms with Crippen LogP contribution in [0.15, 0.2) is 72.2 Å². The highest BCUT2D eigenvalue weighted by molar-refractivity contribution is 7.09. The number of fused-ring (bicyclic) bond motifs is 1. The smallest absolute Gasteiger partial charge is 0.247 e. The Hall–Kier alpha value is -3.13. The van der Waals surface area contributed by atoms with E-state index in [0.29, 0.717) is 43.3 Å². The summed E-state index contributed by atoms with van der Waals surface area (Å²) in [7, 11) is 0. The molecule has 0 aliphatic rings. The average Bonchev–Trinajstić information content (AvgIpc) is 3.55. The van der Waals surface area contributed by atoms with Crippen molar-refractivity contribution in [3.05, 3.63) is 93.3 Å². The summed E-state index contributed by atoms with van der Waals surface area (Å²) in [6.07, 6.45) is 2.75. The van der Waals surface area contributed by atoms with Crippen molar-refractivity contribution in [2.45, 2.75) is 32.4 Å². The average molecular weight is 524 g/mol. The topological polar surface area (TPSA) is 74.4 Å². The van der Waals surface area contributed by atoms with E-state index < -0.39 is 6.04 Å². The Labute approximate surface area is 220 Å². The largest absolute Gasteiger partial charge is 0.382 e. The fourth-order valence-corrected chi connectivity index (χ4v) is 5.01. The third-order valence-corrected chi connectivity index (χ3v) is 7.07. The van der Waals surface area contributed by atoms with Gasteiger partial charge in [-0.05, 0) is 54.1 Å². The Morgan fingerprint density at radius 2 is 1.92 bits per heavy atom. The molecule has 0 unspecified atom stereocenters. The number of thiophene rings is 1. The van der Waals surface area contributed by atoms with Crippen LogP contribution >= 0.6 is 22.9 Å². The summed E-state index contributed by atoms with van der Waals surface area (Å²) in [4.78, 5) is 33.4. The number of carbonyl (C=O) groups excluding carboxylic acids is 2. The molecule has 8 heteroatoms. The first kappa shape index (κ1) is 25.9. The Morgan fingerprint density at radius 3 is 2.67 bits per heavy atom. The van der Waals surface area contributed by atoms with Gasteiger partial charge in [0.25, 0.3) is 0 Å². The molecule has 2 aromatic carbocycles. The molecule has 0 bridgehead atoms. The van der Waals surface area contributed by atoms with Crippen LogP contribution in [0.25, 0.3) is 10.9 Å². The lowest BCUT2D eigenvalue weighted by Gasteiger charge is -2.31. The Morgan fingerprint density at radius 1 is 1.11 bits per heavy atom. The number of H-pyrrole nitrogens is 1. The van der Waals surface area contributed by atoms with Gasteiger partial charge in [0.05, 0.1) is 13.0 Å². The first-order chi connectivity index (χ1) is 17.6. The van der Waals surface area contributed by atoms with E-state index in [9.17, 15) is 9.59 Å². The van der Waals surface area contributed by atoms with Gasteiger partial charge in [0, 0.05) is 46.8 Å². The maximum atomic E-state index is 13.9. The van der Waals surface area contributed by atoms with Gasteiger partial charge in [-0.15, -0.1) is 11.3 Å². The monoisotopic (exact) mass is 523 g/mol. The second-order valence-corrected chi connectivity index (χ2v) is 9.90. The van der Waals surface area contributed by atoms with E-state index in [2.05, 4.69) is 10.3 Å². The van der Waals surface area contributed by atoms with E-state index >= 15 is 0 Å². The van der Waals surface area contributed by atoms with Crippen LogP contribution in [0, 0.1) is 0 Å². The fraction of sp³-hybridized carbons (Fsp3) is 0.286. The summed E-state index contributed by atoms with van der Waals surface area (Å²) < 4.78 is 5.39. The molecule has 0 aliphatic heterocycles. The van der Waals surface area contributed by atoms with Crippen molar-refractivity contribution in [1.82, 2.24) is 15.2 Å². The number of nitrogens with zero attached hydrogens (tertiary/aromatic N) is 1. The number of nitrogens with one attached hydrogen (secondary N) is 2. The molecule has 0 saturated heterocycles. The molecule has 1 atom stereocenters. The van der Waals surface area contributed by atoms with Crippen molar-refractivity contribution in [2.75, 3.05) is 19.8 Å². The summed E-state index contributed by atoms with van der Waals surface area (Å²) >= 11 is 7.70. The van der Waals surface area contributed by atoms with Gasteiger partial charge >= 0.3 is 0 Å². The molecule has 188 valence electrons.